The zero-order chi connectivity index (χ0) is 23.5. The van der Waals surface area contributed by atoms with Crippen molar-refractivity contribution < 1.29 is 32.4 Å². The first kappa shape index (κ1) is 23.2. The number of ether oxygens (including phenoxy) is 2. The monoisotopic (exact) mass is 463 g/mol. The summed E-state index contributed by atoms with van der Waals surface area (Å²) >= 11 is 0. The van der Waals surface area contributed by atoms with E-state index in [1.165, 1.54) is 35.7 Å². The van der Waals surface area contributed by atoms with Crippen molar-refractivity contribution in [2.75, 3.05) is 45.3 Å². The second-order valence-corrected chi connectivity index (χ2v) is 8.77. The standard InChI is InChI=1S/C20H21N3O8S/c1-30-19(24)14-3-8-17(20(25)31-2)18(13-14)32(28,29)22-11-9-21(10-12-22)15-4-6-16(7-5-15)23(26)27/h3-8,13H,9-12H2,1-2H3. The van der Waals surface area contributed by atoms with Crippen molar-refractivity contribution in [1.82, 2.24) is 4.31 Å². The van der Waals surface area contributed by atoms with Crippen molar-refractivity contribution >= 4 is 33.3 Å². The second-order valence-electron chi connectivity index (χ2n) is 6.86. The fraction of sp³-hybridized carbons (Fsp3) is 0.300. The summed E-state index contributed by atoms with van der Waals surface area (Å²) in [6.07, 6.45) is 0. The number of hydrogen-bond donors (Lipinski definition) is 0. The molecule has 0 unspecified atom stereocenters. The molecule has 0 N–H and O–H groups in total. The van der Waals surface area contributed by atoms with Gasteiger partial charge in [0.25, 0.3) is 5.69 Å². The Morgan fingerprint density at radius 2 is 1.53 bits per heavy atom. The Bertz CT molecular complexity index is 1140. The number of anilines is 1. The van der Waals surface area contributed by atoms with Crippen LogP contribution < -0.4 is 4.90 Å². The van der Waals surface area contributed by atoms with Gasteiger partial charge in [0.1, 0.15) is 0 Å². The summed E-state index contributed by atoms with van der Waals surface area (Å²) in [4.78, 5) is 35.9. The summed E-state index contributed by atoms with van der Waals surface area (Å²) in [6.45, 7) is 0.896. The third-order valence-corrected chi connectivity index (χ3v) is 7.03. The molecule has 0 atom stereocenters. The van der Waals surface area contributed by atoms with Crippen molar-refractivity contribution in [3.8, 4) is 0 Å². The number of piperazine rings is 1. The van der Waals surface area contributed by atoms with E-state index in [0.29, 0.717) is 13.1 Å². The van der Waals surface area contributed by atoms with Crippen molar-refractivity contribution in [3.05, 3.63) is 63.7 Å². The lowest BCUT2D eigenvalue weighted by Gasteiger charge is -2.35. The fourth-order valence-electron chi connectivity index (χ4n) is 3.37. The van der Waals surface area contributed by atoms with E-state index in [1.807, 2.05) is 4.90 Å². The Labute approximate surface area is 184 Å². The van der Waals surface area contributed by atoms with Crippen LogP contribution in [-0.4, -0.2) is 70.0 Å². The molecule has 2 aromatic carbocycles. The molecule has 1 aliphatic rings. The number of non-ortho nitro benzene ring substituents is 1. The van der Waals surface area contributed by atoms with Gasteiger partial charge in [-0.15, -0.1) is 0 Å². The molecule has 12 heteroatoms. The van der Waals surface area contributed by atoms with Gasteiger partial charge in [-0.1, -0.05) is 0 Å². The van der Waals surface area contributed by atoms with Crippen LogP contribution in [0.15, 0.2) is 47.4 Å². The quantitative estimate of drug-likeness (QED) is 0.356. The van der Waals surface area contributed by atoms with E-state index >= 15 is 0 Å². The van der Waals surface area contributed by atoms with E-state index in [1.54, 1.807) is 12.1 Å². The fourth-order valence-corrected chi connectivity index (χ4v) is 5.00. The van der Waals surface area contributed by atoms with E-state index in [2.05, 4.69) is 4.74 Å². The molecule has 1 aliphatic heterocycles. The Balaban J connectivity index is 1.85. The number of carbonyl (C=O) groups is 2. The van der Waals surface area contributed by atoms with Crippen LogP contribution in [-0.2, 0) is 19.5 Å². The van der Waals surface area contributed by atoms with Gasteiger partial charge in [0.15, 0.2) is 0 Å². The predicted octanol–water partition coefficient (Wildman–Crippen LogP) is 1.68. The Morgan fingerprint density at radius 3 is 2.06 bits per heavy atom. The topological polar surface area (TPSA) is 136 Å². The maximum Gasteiger partial charge on any atom is 0.339 e. The van der Waals surface area contributed by atoms with Crippen LogP contribution in [0, 0.1) is 10.1 Å². The van der Waals surface area contributed by atoms with Crippen LogP contribution in [0.3, 0.4) is 0 Å². The highest BCUT2D eigenvalue weighted by Crippen LogP contribution is 2.26. The molecule has 2 aromatic rings. The molecule has 0 aromatic heterocycles. The van der Waals surface area contributed by atoms with Crippen LogP contribution in [0.1, 0.15) is 20.7 Å². The number of nitro groups is 1. The molecule has 0 bridgehead atoms. The highest BCUT2D eigenvalue weighted by Gasteiger charge is 2.33. The van der Waals surface area contributed by atoms with E-state index in [4.69, 9.17) is 4.74 Å². The summed E-state index contributed by atoms with van der Waals surface area (Å²) in [5.74, 6) is -1.58. The lowest BCUT2D eigenvalue weighted by atomic mass is 10.1. The molecule has 32 heavy (non-hydrogen) atoms. The minimum absolute atomic E-state index is 0.0109. The number of hydrogen-bond acceptors (Lipinski definition) is 9. The maximum absolute atomic E-state index is 13.3. The van der Waals surface area contributed by atoms with Gasteiger partial charge < -0.3 is 14.4 Å². The van der Waals surface area contributed by atoms with Crippen LogP contribution in [0.2, 0.25) is 0 Å². The molecule has 0 aliphatic carbocycles. The first-order valence-corrected chi connectivity index (χ1v) is 10.9. The van der Waals surface area contributed by atoms with Crippen LogP contribution in [0.5, 0.6) is 0 Å². The van der Waals surface area contributed by atoms with E-state index in [0.717, 1.165) is 18.9 Å². The Morgan fingerprint density at radius 1 is 0.938 bits per heavy atom. The highest BCUT2D eigenvalue weighted by molar-refractivity contribution is 7.89. The molecule has 0 saturated carbocycles. The molecule has 3 rings (SSSR count). The normalized spacial score (nSPS) is 14.6. The van der Waals surface area contributed by atoms with Crippen LogP contribution >= 0.6 is 0 Å². The molecular formula is C20H21N3O8S. The number of esters is 2. The van der Waals surface area contributed by atoms with Crippen LogP contribution in [0.4, 0.5) is 11.4 Å². The first-order chi connectivity index (χ1) is 15.2. The van der Waals surface area contributed by atoms with Crippen molar-refractivity contribution in [2.24, 2.45) is 0 Å². The lowest BCUT2D eigenvalue weighted by molar-refractivity contribution is -0.384. The van der Waals surface area contributed by atoms with E-state index in [9.17, 15) is 28.1 Å². The minimum atomic E-state index is -4.13. The molecule has 11 nitrogen and oxygen atoms in total. The SMILES string of the molecule is COC(=O)c1ccc(C(=O)OC)c(S(=O)(=O)N2CCN(c3ccc([N+](=O)[O-])cc3)CC2)c1. The number of nitro benzene ring substituents is 1. The molecule has 1 heterocycles. The molecule has 170 valence electrons. The van der Waals surface area contributed by atoms with Gasteiger partial charge in [0.05, 0.1) is 35.2 Å². The number of sulfonamides is 1. The number of benzene rings is 2. The molecule has 0 radical (unpaired) electrons. The molecule has 0 amide bonds. The molecular weight excluding hydrogens is 442 g/mol. The molecule has 1 saturated heterocycles. The van der Waals surface area contributed by atoms with Gasteiger partial charge in [-0.05, 0) is 30.3 Å². The van der Waals surface area contributed by atoms with Gasteiger partial charge in [-0.2, -0.15) is 4.31 Å². The molecule has 0 spiro atoms. The maximum atomic E-state index is 13.3. The zero-order valence-electron chi connectivity index (χ0n) is 17.4. The van der Waals surface area contributed by atoms with Crippen molar-refractivity contribution in [1.29, 1.82) is 0 Å². The Kier molecular flexibility index (Phi) is 6.75. The molecule has 1 fully saturated rings. The van der Waals surface area contributed by atoms with E-state index in [-0.39, 0.29) is 34.8 Å². The van der Waals surface area contributed by atoms with Gasteiger partial charge in [-0.3, -0.25) is 10.1 Å². The van der Waals surface area contributed by atoms with Gasteiger partial charge in [-0.25, -0.2) is 18.0 Å². The summed E-state index contributed by atoms with van der Waals surface area (Å²) in [5.41, 5.74) is 0.507. The third kappa shape index (κ3) is 4.55. The van der Waals surface area contributed by atoms with Gasteiger partial charge in [0, 0.05) is 44.0 Å². The van der Waals surface area contributed by atoms with Gasteiger partial charge in [0.2, 0.25) is 10.0 Å². The number of carbonyl (C=O) groups excluding carboxylic acids is 2. The second kappa shape index (κ2) is 9.32. The Hall–Kier alpha value is -3.51. The number of rotatable bonds is 6. The summed E-state index contributed by atoms with van der Waals surface area (Å²) in [6, 6.07) is 9.62. The van der Waals surface area contributed by atoms with Crippen molar-refractivity contribution in [3.63, 3.8) is 0 Å². The highest BCUT2D eigenvalue weighted by atomic mass is 32.2. The summed E-state index contributed by atoms with van der Waals surface area (Å²) in [5, 5.41) is 10.8. The third-order valence-electron chi connectivity index (χ3n) is 5.09. The summed E-state index contributed by atoms with van der Waals surface area (Å²) in [7, 11) is -1.82. The van der Waals surface area contributed by atoms with Gasteiger partial charge >= 0.3 is 11.9 Å². The lowest BCUT2D eigenvalue weighted by Crippen LogP contribution is -2.48. The predicted molar refractivity (Wildman–Crippen MR) is 113 cm³/mol. The summed E-state index contributed by atoms with van der Waals surface area (Å²) < 4.78 is 37.2. The number of methoxy groups -OCH3 is 2. The number of nitrogens with zero attached hydrogens (tertiary/aromatic N) is 3. The minimum Gasteiger partial charge on any atom is -0.465 e. The van der Waals surface area contributed by atoms with E-state index < -0.39 is 26.9 Å². The van der Waals surface area contributed by atoms with Crippen molar-refractivity contribution in [2.45, 2.75) is 4.90 Å². The zero-order valence-corrected chi connectivity index (χ0v) is 18.2. The average molecular weight is 463 g/mol. The smallest absolute Gasteiger partial charge is 0.339 e. The first-order valence-electron chi connectivity index (χ1n) is 9.49. The average Bonchev–Trinajstić information content (AvgIpc) is 2.82. The van der Waals surface area contributed by atoms with Crippen LogP contribution in [0.25, 0.3) is 0 Å². The largest absolute Gasteiger partial charge is 0.465 e.